The molecular formula is C22H21ClN4OS2. The Bertz CT molecular complexity index is 1080. The smallest absolute Gasteiger partial charge is 0.188 e. The second kappa shape index (κ2) is 10.4. The number of nitrogens with one attached hydrogen (secondary N) is 1. The maximum absolute atomic E-state index is 6.14. The molecule has 0 aliphatic rings. The fourth-order valence-electron chi connectivity index (χ4n) is 2.67. The minimum absolute atomic E-state index is 0. The zero-order valence-corrected chi connectivity index (χ0v) is 18.9. The molecular weight excluding hydrogens is 436 g/mol. The standard InChI is InChI=1S/C22H20N4OS2.ClH/c1-15-14-28-22(25-15)26-21-20(27-17-8-4-3-5-9-17)12-18(13-24-21)29-16(2)19-10-6-7-11-23-19;/h3-14,16H,1-2H3,(H,24,25,26);1H. The van der Waals surface area contributed by atoms with E-state index in [0.29, 0.717) is 11.6 Å². The fourth-order valence-corrected chi connectivity index (χ4v) is 4.32. The first-order valence-electron chi connectivity index (χ1n) is 9.17. The molecule has 30 heavy (non-hydrogen) atoms. The van der Waals surface area contributed by atoms with Gasteiger partial charge < -0.3 is 10.1 Å². The highest BCUT2D eigenvalue weighted by molar-refractivity contribution is 7.99. The Morgan fingerprint density at radius 3 is 2.57 bits per heavy atom. The van der Waals surface area contributed by atoms with Crippen molar-refractivity contribution in [3.8, 4) is 11.5 Å². The molecule has 4 aromatic rings. The van der Waals surface area contributed by atoms with Gasteiger partial charge in [-0.05, 0) is 44.2 Å². The quantitative estimate of drug-likeness (QED) is 0.300. The lowest BCUT2D eigenvalue weighted by atomic mass is 10.3. The van der Waals surface area contributed by atoms with Gasteiger partial charge in [0.05, 0.1) is 11.4 Å². The van der Waals surface area contributed by atoms with Crippen molar-refractivity contribution in [1.82, 2.24) is 15.0 Å². The lowest BCUT2D eigenvalue weighted by molar-refractivity contribution is 0.481. The third-order valence-corrected chi connectivity index (χ3v) is 6.03. The third kappa shape index (κ3) is 5.72. The summed E-state index contributed by atoms with van der Waals surface area (Å²) < 4.78 is 6.14. The zero-order chi connectivity index (χ0) is 20.1. The summed E-state index contributed by atoms with van der Waals surface area (Å²) in [6, 6.07) is 17.7. The van der Waals surface area contributed by atoms with E-state index in [-0.39, 0.29) is 17.7 Å². The lowest BCUT2D eigenvalue weighted by Gasteiger charge is -2.14. The van der Waals surface area contributed by atoms with Crippen LogP contribution in [0.15, 0.2) is 77.3 Å². The van der Waals surface area contributed by atoms with Crippen molar-refractivity contribution in [2.45, 2.75) is 24.0 Å². The molecule has 0 aliphatic heterocycles. The summed E-state index contributed by atoms with van der Waals surface area (Å²) in [5, 5.41) is 6.26. The van der Waals surface area contributed by atoms with E-state index < -0.39 is 0 Å². The number of nitrogens with zero attached hydrogens (tertiary/aromatic N) is 3. The van der Waals surface area contributed by atoms with Crippen molar-refractivity contribution in [2.24, 2.45) is 0 Å². The topological polar surface area (TPSA) is 59.9 Å². The number of pyridine rings is 2. The van der Waals surface area contributed by atoms with E-state index >= 15 is 0 Å². The highest BCUT2D eigenvalue weighted by Gasteiger charge is 2.14. The maximum Gasteiger partial charge on any atom is 0.188 e. The van der Waals surface area contributed by atoms with Crippen LogP contribution in [0.2, 0.25) is 0 Å². The minimum atomic E-state index is 0. The molecule has 1 aromatic carbocycles. The molecule has 3 aromatic heterocycles. The van der Waals surface area contributed by atoms with E-state index in [4.69, 9.17) is 4.74 Å². The van der Waals surface area contributed by atoms with Crippen LogP contribution in [0.1, 0.15) is 23.6 Å². The van der Waals surface area contributed by atoms with Crippen LogP contribution in [0.3, 0.4) is 0 Å². The SMILES string of the molecule is Cc1csc(Nc2ncc(SC(C)c3ccccn3)cc2Oc2ccccc2)n1.Cl. The third-order valence-electron chi connectivity index (χ3n) is 4.06. The zero-order valence-electron chi connectivity index (χ0n) is 16.5. The second-order valence-electron chi connectivity index (χ2n) is 6.37. The molecule has 0 fully saturated rings. The van der Waals surface area contributed by atoms with Gasteiger partial charge in [-0.3, -0.25) is 4.98 Å². The van der Waals surface area contributed by atoms with Gasteiger partial charge >= 0.3 is 0 Å². The first-order valence-corrected chi connectivity index (χ1v) is 10.9. The molecule has 4 rings (SSSR count). The Morgan fingerprint density at radius 1 is 1.07 bits per heavy atom. The van der Waals surface area contributed by atoms with E-state index in [1.165, 1.54) is 0 Å². The Kier molecular flexibility index (Phi) is 7.68. The number of thiazole rings is 1. The first kappa shape index (κ1) is 22.1. The number of thioether (sulfide) groups is 1. The highest BCUT2D eigenvalue weighted by atomic mass is 35.5. The lowest BCUT2D eigenvalue weighted by Crippen LogP contribution is -1.98. The summed E-state index contributed by atoms with van der Waals surface area (Å²) in [5.74, 6) is 2.05. The Balaban J connectivity index is 0.00000256. The molecule has 3 heterocycles. The van der Waals surface area contributed by atoms with Crippen LogP contribution in [-0.2, 0) is 0 Å². The van der Waals surface area contributed by atoms with E-state index in [1.54, 1.807) is 23.1 Å². The van der Waals surface area contributed by atoms with Gasteiger partial charge in [0.2, 0.25) is 0 Å². The molecule has 0 saturated carbocycles. The predicted octanol–water partition coefficient (Wildman–Crippen LogP) is 7.05. The Morgan fingerprint density at radius 2 is 1.87 bits per heavy atom. The highest BCUT2D eigenvalue weighted by Crippen LogP contribution is 2.38. The van der Waals surface area contributed by atoms with Crippen molar-refractivity contribution >= 4 is 46.5 Å². The number of ether oxygens (including phenoxy) is 1. The van der Waals surface area contributed by atoms with Crippen LogP contribution in [-0.4, -0.2) is 15.0 Å². The summed E-state index contributed by atoms with van der Waals surface area (Å²) in [4.78, 5) is 14.5. The molecule has 0 radical (unpaired) electrons. The van der Waals surface area contributed by atoms with Crippen LogP contribution >= 0.6 is 35.5 Å². The number of aryl methyl sites for hydroxylation is 1. The van der Waals surface area contributed by atoms with E-state index in [1.807, 2.05) is 79.3 Å². The summed E-state index contributed by atoms with van der Waals surface area (Å²) in [6.07, 6.45) is 3.67. The van der Waals surface area contributed by atoms with Gasteiger partial charge in [-0.15, -0.1) is 35.5 Å². The number of rotatable bonds is 7. The molecule has 5 nitrogen and oxygen atoms in total. The van der Waals surface area contributed by atoms with Gasteiger partial charge in [0, 0.05) is 27.9 Å². The number of halogens is 1. The monoisotopic (exact) mass is 456 g/mol. The molecule has 1 unspecified atom stereocenters. The average molecular weight is 457 g/mol. The normalized spacial score (nSPS) is 11.4. The number of benzene rings is 1. The molecule has 154 valence electrons. The molecule has 1 atom stereocenters. The number of aromatic nitrogens is 3. The van der Waals surface area contributed by atoms with Crippen LogP contribution in [0.4, 0.5) is 10.9 Å². The molecule has 1 N–H and O–H groups in total. The largest absolute Gasteiger partial charge is 0.453 e. The Hall–Kier alpha value is -2.61. The van der Waals surface area contributed by atoms with Gasteiger partial charge in [-0.2, -0.15) is 0 Å². The van der Waals surface area contributed by atoms with Crippen LogP contribution in [0, 0.1) is 6.92 Å². The molecule has 8 heteroatoms. The van der Waals surface area contributed by atoms with Gasteiger partial charge in [-0.1, -0.05) is 24.3 Å². The van der Waals surface area contributed by atoms with Crippen molar-refractivity contribution < 1.29 is 4.74 Å². The van der Waals surface area contributed by atoms with Crippen molar-refractivity contribution in [2.75, 3.05) is 5.32 Å². The maximum atomic E-state index is 6.14. The number of para-hydroxylation sites is 1. The number of hydrogen-bond acceptors (Lipinski definition) is 7. The van der Waals surface area contributed by atoms with E-state index in [9.17, 15) is 0 Å². The summed E-state index contributed by atoms with van der Waals surface area (Å²) >= 11 is 3.23. The molecule has 0 amide bonds. The number of hydrogen-bond donors (Lipinski definition) is 1. The first-order chi connectivity index (χ1) is 14.2. The van der Waals surface area contributed by atoms with Crippen LogP contribution in [0.25, 0.3) is 0 Å². The summed E-state index contributed by atoms with van der Waals surface area (Å²) in [5.41, 5.74) is 2.00. The van der Waals surface area contributed by atoms with Crippen LogP contribution in [0.5, 0.6) is 11.5 Å². The van der Waals surface area contributed by atoms with E-state index in [2.05, 4.69) is 27.2 Å². The van der Waals surface area contributed by atoms with Gasteiger partial charge in [0.1, 0.15) is 5.75 Å². The van der Waals surface area contributed by atoms with Gasteiger partial charge in [0.25, 0.3) is 0 Å². The second-order valence-corrected chi connectivity index (χ2v) is 8.64. The molecule has 0 bridgehead atoms. The number of anilines is 2. The van der Waals surface area contributed by atoms with Crippen molar-refractivity contribution in [3.63, 3.8) is 0 Å². The minimum Gasteiger partial charge on any atom is -0.453 e. The van der Waals surface area contributed by atoms with Gasteiger partial charge in [0.15, 0.2) is 16.7 Å². The fraction of sp³-hybridized carbons (Fsp3) is 0.136. The molecule has 0 aliphatic carbocycles. The van der Waals surface area contributed by atoms with Crippen LogP contribution < -0.4 is 10.1 Å². The molecule has 0 spiro atoms. The Labute approximate surface area is 190 Å². The average Bonchev–Trinajstić information content (AvgIpc) is 3.16. The van der Waals surface area contributed by atoms with Crippen molar-refractivity contribution in [1.29, 1.82) is 0 Å². The summed E-state index contributed by atoms with van der Waals surface area (Å²) in [7, 11) is 0. The van der Waals surface area contributed by atoms with Gasteiger partial charge in [-0.25, -0.2) is 9.97 Å². The predicted molar refractivity (Wildman–Crippen MR) is 127 cm³/mol. The molecule has 0 saturated heterocycles. The van der Waals surface area contributed by atoms with Crippen molar-refractivity contribution in [3.05, 3.63) is 83.8 Å². The van der Waals surface area contributed by atoms with E-state index in [0.717, 1.165) is 27.2 Å². The summed E-state index contributed by atoms with van der Waals surface area (Å²) in [6.45, 7) is 4.10.